The quantitative estimate of drug-likeness (QED) is 0.405. The van der Waals surface area contributed by atoms with Crippen molar-refractivity contribution in [3.8, 4) is 0 Å². The Hall–Kier alpha value is -1.91. The van der Waals surface area contributed by atoms with Crippen LogP contribution in [0.15, 0.2) is 30.3 Å². The third-order valence-electron chi connectivity index (χ3n) is 3.33. The maximum Gasteiger partial charge on any atom is 0.379 e. The molecular weight excluding hydrogens is 258 g/mol. The van der Waals surface area contributed by atoms with Crippen molar-refractivity contribution in [2.45, 2.75) is 51.0 Å². The fourth-order valence-corrected chi connectivity index (χ4v) is 2.16. The maximum atomic E-state index is 10.6. The highest BCUT2D eigenvalue weighted by molar-refractivity contribution is 5.71. The molecule has 0 aliphatic rings. The molecule has 0 spiro atoms. The van der Waals surface area contributed by atoms with E-state index >= 15 is 0 Å². The van der Waals surface area contributed by atoms with Gasteiger partial charge >= 0.3 is 12.0 Å². The molecule has 0 bridgehead atoms. The SMILES string of the molecule is O=C(O)C(CCCCCCCc1ccccc1)[N+](=O)[O-]. The topological polar surface area (TPSA) is 80.4 Å². The Morgan fingerprint density at radius 3 is 2.30 bits per heavy atom. The average molecular weight is 279 g/mol. The van der Waals surface area contributed by atoms with Crippen LogP contribution in [0.4, 0.5) is 0 Å². The Balaban J connectivity index is 2.05. The molecule has 0 heterocycles. The molecule has 1 unspecified atom stereocenters. The molecule has 1 aromatic carbocycles. The molecule has 1 atom stereocenters. The highest BCUT2D eigenvalue weighted by atomic mass is 16.6. The zero-order valence-corrected chi connectivity index (χ0v) is 11.5. The van der Waals surface area contributed by atoms with Crippen LogP contribution in [0.25, 0.3) is 0 Å². The number of hydrogen-bond acceptors (Lipinski definition) is 3. The van der Waals surface area contributed by atoms with Gasteiger partial charge in [0.2, 0.25) is 0 Å². The van der Waals surface area contributed by atoms with Crippen molar-refractivity contribution >= 4 is 5.97 Å². The number of hydrogen-bond donors (Lipinski definition) is 1. The first-order valence-electron chi connectivity index (χ1n) is 7.01. The standard InChI is InChI=1S/C15H21NO4/c17-15(18)14(16(19)20)12-8-3-1-2-5-9-13-10-6-4-7-11-13/h4,6-7,10-11,14H,1-3,5,8-9,12H2,(H,17,18). The lowest BCUT2D eigenvalue weighted by Crippen LogP contribution is -2.28. The molecule has 0 aliphatic carbocycles. The summed E-state index contributed by atoms with van der Waals surface area (Å²) < 4.78 is 0. The second kappa shape index (κ2) is 9.07. The number of aliphatic carboxylic acids is 1. The summed E-state index contributed by atoms with van der Waals surface area (Å²) in [6.45, 7) is 0. The van der Waals surface area contributed by atoms with E-state index in [1.54, 1.807) is 0 Å². The first-order valence-corrected chi connectivity index (χ1v) is 7.01. The van der Waals surface area contributed by atoms with Gasteiger partial charge in [-0.15, -0.1) is 0 Å². The van der Waals surface area contributed by atoms with E-state index in [1.165, 1.54) is 5.56 Å². The summed E-state index contributed by atoms with van der Waals surface area (Å²) in [5, 5.41) is 19.2. The van der Waals surface area contributed by atoms with Gasteiger partial charge in [-0.2, -0.15) is 0 Å². The van der Waals surface area contributed by atoms with Gasteiger partial charge in [0, 0.05) is 11.3 Å². The molecule has 20 heavy (non-hydrogen) atoms. The molecule has 5 heteroatoms. The largest absolute Gasteiger partial charge is 0.476 e. The Morgan fingerprint density at radius 2 is 1.70 bits per heavy atom. The van der Waals surface area contributed by atoms with Crippen LogP contribution in [0.2, 0.25) is 0 Å². The lowest BCUT2D eigenvalue weighted by molar-refractivity contribution is -0.511. The van der Waals surface area contributed by atoms with Gasteiger partial charge in [-0.05, 0) is 24.8 Å². The first-order chi connectivity index (χ1) is 9.61. The van der Waals surface area contributed by atoms with E-state index in [0.29, 0.717) is 6.42 Å². The Kier molecular flexibility index (Phi) is 7.32. The zero-order valence-electron chi connectivity index (χ0n) is 11.5. The molecule has 0 aromatic heterocycles. The lowest BCUT2D eigenvalue weighted by Gasteiger charge is -2.05. The summed E-state index contributed by atoms with van der Waals surface area (Å²) in [5.41, 5.74) is 1.33. The number of benzene rings is 1. The summed E-state index contributed by atoms with van der Waals surface area (Å²) in [7, 11) is 0. The van der Waals surface area contributed by atoms with Crippen molar-refractivity contribution < 1.29 is 14.8 Å². The van der Waals surface area contributed by atoms with E-state index in [2.05, 4.69) is 12.1 Å². The number of nitrogens with zero attached hydrogens (tertiary/aromatic N) is 1. The van der Waals surface area contributed by atoms with Gasteiger partial charge in [0.1, 0.15) is 0 Å². The molecule has 0 radical (unpaired) electrons. The summed E-state index contributed by atoms with van der Waals surface area (Å²) in [4.78, 5) is 20.4. The zero-order chi connectivity index (χ0) is 14.8. The van der Waals surface area contributed by atoms with Gasteiger partial charge < -0.3 is 5.11 Å². The number of aryl methyl sites for hydroxylation is 1. The van der Waals surface area contributed by atoms with E-state index in [-0.39, 0.29) is 6.42 Å². The normalized spacial score (nSPS) is 12.0. The molecule has 1 rings (SSSR count). The number of rotatable bonds is 10. The predicted molar refractivity (Wildman–Crippen MR) is 76.3 cm³/mol. The van der Waals surface area contributed by atoms with Crippen LogP contribution in [0, 0.1) is 10.1 Å². The van der Waals surface area contributed by atoms with Gasteiger partial charge in [0.25, 0.3) is 0 Å². The van der Waals surface area contributed by atoms with Crippen molar-refractivity contribution in [3.63, 3.8) is 0 Å². The molecule has 0 aliphatic heterocycles. The third kappa shape index (κ3) is 6.31. The van der Waals surface area contributed by atoms with Crippen LogP contribution in [-0.4, -0.2) is 22.0 Å². The number of carboxylic acid groups (broad SMARTS) is 1. The number of nitro groups is 1. The van der Waals surface area contributed by atoms with Crippen LogP contribution in [0.5, 0.6) is 0 Å². The molecular formula is C15H21NO4. The van der Waals surface area contributed by atoms with E-state index in [1.807, 2.05) is 18.2 Å². The molecule has 0 fully saturated rings. The Labute approximate surface area is 118 Å². The summed E-state index contributed by atoms with van der Waals surface area (Å²) in [6, 6.07) is 8.82. The van der Waals surface area contributed by atoms with Crippen LogP contribution in [0.1, 0.15) is 44.1 Å². The highest BCUT2D eigenvalue weighted by Crippen LogP contribution is 2.11. The molecule has 0 amide bonds. The lowest BCUT2D eigenvalue weighted by atomic mass is 10.0. The Morgan fingerprint density at radius 1 is 1.10 bits per heavy atom. The van der Waals surface area contributed by atoms with Crippen LogP contribution < -0.4 is 0 Å². The molecule has 1 aromatic rings. The van der Waals surface area contributed by atoms with Gasteiger partial charge in [-0.1, -0.05) is 49.6 Å². The maximum absolute atomic E-state index is 10.6. The number of unbranched alkanes of at least 4 members (excludes halogenated alkanes) is 4. The predicted octanol–water partition coefficient (Wildman–Crippen LogP) is 3.30. The number of carboxylic acids is 1. The van der Waals surface area contributed by atoms with Crippen LogP contribution in [-0.2, 0) is 11.2 Å². The minimum Gasteiger partial charge on any atom is -0.476 e. The van der Waals surface area contributed by atoms with E-state index in [9.17, 15) is 14.9 Å². The summed E-state index contributed by atoms with van der Waals surface area (Å²) in [6.07, 6.45) is 5.80. The van der Waals surface area contributed by atoms with Crippen molar-refractivity contribution in [3.05, 3.63) is 46.0 Å². The van der Waals surface area contributed by atoms with Crippen molar-refractivity contribution in [1.82, 2.24) is 0 Å². The van der Waals surface area contributed by atoms with Crippen LogP contribution in [0.3, 0.4) is 0 Å². The second-order valence-electron chi connectivity index (χ2n) is 4.93. The van der Waals surface area contributed by atoms with E-state index in [0.717, 1.165) is 32.1 Å². The van der Waals surface area contributed by atoms with Gasteiger partial charge in [0.05, 0.1) is 0 Å². The van der Waals surface area contributed by atoms with E-state index < -0.39 is 16.9 Å². The minimum atomic E-state index is -1.45. The van der Waals surface area contributed by atoms with Crippen molar-refractivity contribution in [2.75, 3.05) is 0 Å². The van der Waals surface area contributed by atoms with Crippen molar-refractivity contribution in [1.29, 1.82) is 0 Å². The molecule has 110 valence electrons. The minimum absolute atomic E-state index is 0.126. The summed E-state index contributed by atoms with van der Waals surface area (Å²) in [5.74, 6) is -1.33. The second-order valence-corrected chi connectivity index (χ2v) is 4.93. The molecule has 1 N–H and O–H groups in total. The molecule has 0 saturated carbocycles. The summed E-state index contributed by atoms with van der Waals surface area (Å²) >= 11 is 0. The highest BCUT2D eigenvalue weighted by Gasteiger charge is 2.27. The van der Waals surface area contributed by atoms with Crippen LogP contribution >= 0.6 is 0 Å². The van der Waals surface area contributed by atoms with Gasteiger partial charge in [-0.25, -0.2) is 4.79 Å². The molecule has 5 nitrogen and oxygen atoms in total. The van der Waals surface area contributed by atoms with Crippen molar-refractivity contribution in [2.24, 2.45) is 0 Å². The first kappa shape index (κ1) is 16.1. The van der Waals surface area contributed by atoms with E-state index in [4.69, 9.17) is 5.11 Å². The van der Waals surface area contributed by atoms with Gasteiger partial charge in [0.15, 0.2) is 0 Å². The third-order valence-corrected chi connectivity index (χ3v) is 3.33. The smallest absolute Gasteiger partial charge is 0.379 e. The fourth-order valence-electron chi connectivity index (χ4n) is 2.16. The fraction of sp³-hybridized carbons (Fsp3) is 0.533. The Bertz CT molecular complexity index is 405. The molecule has 0 saturated heterocycles. The van der Waals surface area contributed by atoms with Gasteiger partial charge in [-0.3, -0.25) is 10.1 Å². The average Bonchev–Trinajstić information content (AvgIpc) is 2.42. The monoisotopic (exact) mass is 279 g/mol. The number of carbonyl (C=O) groups is 1.